The minimum atomic E-state index is -0.101. The second-order valence-corrected chi connectivity index (χ2v) is 3.89. The molecule has 2 N–H and O–H groups in total. The van der Waals surface area contributed by atoms with E-state index < -0.39 is 0 Å². The van der Waals surface area contributed by atoms with Gasteiger partial charge in [-0.3, -0.25) is 0 Å². The zero-order chi connectivity index (χ0) is 12.0. The molecule has 1 aromatic carbocycles. The highest BCUT2D eigenvalue weighted by Crippen LogP contribution is 2.29. The summed E-state index contributed by atoms with van der Waals surface area (Å²) in [7, 11) is 1.66. The van der Waals surface area contributed by atoms with Crippen LogP contribution in [-0.4, -0.2) is 19.8 Å². The summed E-state index contributed by atoms with van der Waals surface area (Å²) in [5.41, 5.74) is 6.97. The normalized spacial score (nSPS) is 14.5. The van der Waals surface area contributed by atoms with Crippen LogP contribution in [0.4, 0.5) is 0 Å². The lowest BCUT2D eigenvalue weighted by atomic mass is 10.0. The third-order valence-corrected chi connectivity index (χ3v) is 2.42. The van der Waals surface area contributed by atoms with Gasteiger partial charge in [-0.25, -0.2) is 0 Å². The van der Waals surface area contributed by atoms with E-state index in [-0.39, 0.29) is 12.1 Å². The summed E-state index contributed by atoms with van der Waals surface area (Å²) >= 11 is 0. The van der Waals surface area contributed by atoms with Gasteiger partial charge in [0, 0.05) is 18.2 Å². The fourth-order valence-electron chi connectivity index (χ4n) is 1.67. The van der Waals surface area contributed by atoms with Crippen molar-refractivity contribution in [1.29, 1.82) is 0 Å². The van der Waals surface area contributed by atoms with Gasteiger partial charge in [0.25, 0.3) is 0 Å². The molecule has 3 heteroatoms. The predicted molar refractivity (Wildman–Crippen MR) is 65.6 cm³/mol. The first-order chi connectivity index (χ1) is 7.70. The van der Waals surface area contributed by atoms with Crippen molar-refractivity contribution in [3.63, 3.8) is 0 Å². The van der Waals surface area contributed by atoms with E-state index in [2.05, 4.69) is 6.92 Å². The van der Waals surface area contributed by atoms with Gasteiger partial charge in [-0.15, -0.1) is 0 Å². The highest BCUT2D eigenvalue weighted by Gasteiger charge is 2.19. The summed E-state index contributed by atoms with van der Waals surface area (Å²) in [5.74, 6) is 0.834. The Balaban J connectivity index is 2.91. The highest BCUT2D eigenvalue weighted by atomic mass is 16.5. The standard InChI is InChI=1S/C13H21NO2/c1-4-9-16-13(10(2)14)11-7-5-6-8-12(11)15-3/h5-8,10,13H,4,9,14H2,1-3H3. The van der Waals surface area contributed by atoms with Crippen molar-refractivity contribution in [2.75, 3.05) is 13.7 Å². The van der Waals surface area contributed by atoms with E-state index in [1.54, 1.807) is 7.11 Å². The third-order valence-electron chi connectivity index (χ3n) is 2.42. The van der Waals surface area contributed by atoms with Crippen molar-refractivity contribution in [3.05, 3.63) is 29.8 Å². The first-order valence-corrected chi connectivity index (χ1v) is 5.70. The zero-order valence-electron chi connectivity index (χ0n) is 10.3. The number of nitrogens with two attached hydrogens (primary N) is 1. The van der Waals surface area contributed by atoms with Gasteiger partial charge in [0.2, 0.25) is 0 Å². The molecule has 90 valence electrons. The molecular formula is C13H21NO2. The second kappa shape index (κ2) is 6.51. The number of hydrogen-bond donors (Lipinski definition) is 1. The first kappa shape index (κ1) is 13.0. The SMILES string of the molecule is CCCOC(c1ccccc1OC)C(C)N. The maximum absolute atomic E-state index is 5.95. The topological polar surface area (TPSA) is 44.5 Å². The Morgan fingerprint density at radius 1 is 1.31 bits per heavy atom. The highest BCUT2D eigenvalue weighted by molar-refractivity contribution is 5.35. The molecule has 16 heavy (non-hydrogen) atoms. The number of benzene rings is 1. The van der Waals surface area contributed by atoms with E-state index in [9.17, 15) is 0 Å². The van der Waals surface area contributed by atoms with Crippen LogP contribution in [0.3, 0.4) is 0 Å². The minimum Gasteiger partial charge on any atom is -0.496 e. The molecule has 0 aliphatic rings. The average molecular weight is 223 g/mol. The molecule has 0 saturated carbocycles. The lowest BCUT2D eigenvalue weighted by Crippen LogP contribution is -2.27. The Morgan fingerprint density at radius 2 is 2.00 bits per heavy atom. The summed E-state index contributed by atoms with van der Waals surface area (Å²) in [6.45, 7) is 4.75. The lowest BCUT2D eigenvalue weighted by Gasteiger charge is -2.23. The Kier molecular flexibility index (Phi) is 5.29. The third kappa shape index (κ3) is 3.22. The van der Waals surface area contributed by atoms with Gasteiger partial charge in [0.15, 0.2) is 0 Å². The largest absolute Gasteiger partial charge is 0.496 e. The van der Waals surface area contributed by atoms with E-state index in [0.717, 1.165) is 17.7 Å². The van der Waals surface area contributed by atoms with Gasteiger partial charge in [0.05, 0.1) is 7.11 Å². The molecule has 3 nitrogen and oxygen atoms in total. The molecule has 0 aromatic heterocycles. The van der Waals surface area contributed by atoms with Gasteiger partial charge in [0.1, 0.15) is 11.9 Å². The van der Waals surface area contributed by atoms with Crippen molar-refractivity contribution in [3.8, 4) is 5.75 Å². The van der Waals surface area contributed by atoms with E-state index in [4.69, 9.17) is 15.2 Å². The van der Waals surface area contributed by atoms with Crippen molar-refractivity contribution >= 4 is 0 Å². The summed E-state index contributed by atoms with van der Waals surface area (Å²) in [4.78, 5) is 0. The van der Waals surface area contributed by atoms with Crippen molar-refractivity contribution < 1.29 is 9.47 Å². The van der Waals surface area contributed by atoms with Crippen molar-refractivity contribution in [2.45, 2.75) is 32.4 Å². The molecule has 0 fully saturated rings. The van der Waals surface area contributed by atoms with Crippen LogP contribution >= 0.6 is 0 Å². The molecule has 0 radical (unpaired) electrons. The molecule has 1 rings (SSSR count). The van der Waals surface area contributed by atoms with E-state index in [0.29, 0.717) is 6.61 Å². The maximum Gasteiger partial charge on any atom is 0.124 e. The Hall–Kier alpha value is -1.06. The maximum atomic E-state index is 5.95. The molecule has 0 amide bonds. The fourth-order valence-corrected chi connectivity index (χ4v) is 1.67. The molecule has 0 heterocycles. The Labute approximate surface area is 97.6 Å². The molecule has 0 saturated heterocycles. The van der Waals surface area contributed by atoms with Crippen LogP contribution in [0, 0.1) is 0 Å². The Bertz CT molecular complexity index is 313. The summed E-state index contributed by atoms with van der Waals surface area (Å²) in [6, 6.07) is 7.80. The molecule has 0 spiro atoms. The van der Waals surface area contributed by atoms with Crippen LogP contribution < -0.4 is 10.5 Å². The van der Waals surface area contributed by atoms with E-state index in [1.165, 1.54) is 0 Å². The van der Waals surface area contributed by atoms with Gasteiger partial charge >= 0.3 is 0 Å². The van der Waals surface area contributed by atoms with Gasteiger partial charge in [-0.05, 0) is 19.4 Å². The summed E-state index contributed by atoms with van der Waals surface area (Å²) < 4.78 is 11.1. The fraction of sp³-hybridized carbons (Fsp3) is 0.538. The lowest BCUT2D eigenvalue weighted by molar-refractivity contribution is 0.0371. The number of hydrogen-bond acceptors (Lipinski definition) is 3. The minimum absolute atomic E-state index is 0.0529. The number of methoxy groups -OCH3 is 1. The smallest absolute Gasteiger partial charge is 0.124 e. The van der Waals surface area contributed by atoms with Crippen LogP contribution in [0.15, 0.2) is 24.3 Å². The average Bonchev–Trinajstić information content (AvgIpc) is 2.29. The summed E-state index contributed by atoms with van der Waals surface area (Å²) in [6.07, 6.45) is 0.884. The van der Waals surface area contributed by atoms with E-state index in [1.807, 2.05) is 31.2 Å². The second-order valence-electron chi connectivity index (χ2n) is 3.89. The number of para-hydroxylation sites is 1. The van der Waals surface area contributed by atoms with Crippen molar-refractivity contribution in [1.82, 2.24) is 0 Å². The Morgan fingerprint density at radius 3 is 2.56 bits per heavy atom. The molecule has 0 aliphatic carbocycles. The monoisotopic (exact) mass is 223 g/mol. The number of ether oxygens (including phenoxy) is 2. The van der Waals surface area contributed by atoms with Crippen molar-refractivity contribution in [2.24, 2.45) is 5.73 Å². The van der Waals surface area contributed by atoms with Crippen LogP contribution in [0.1, 0.15) is 31.9 Å². The van der Waals surface area contributed by atoms with Crippen LogP contribution in [0.5, 0.6) is 5.75 Å². The molecule has 0 aliphatic heterocycles. The van der Waals surface area contributed by atoms with Gasteiger partial charge < -0.3 is 15.2 Å². The quantitative estimate of drug-likeness (QED) is 0.806. The first-order valence-electron chi connectivity index (χ1n) is 5.70. The molecule has 2 atom stereocenters. The van der Waals surface area contributed by atoms with Crippen LogP contribution in [0.2, 0.25) is 0 Å². The van der Waals surface area contributed by atoms with Crippen LogP contribution in [0.25, 0.3) is 0 Å². The van der Waals surface area contributed by atoms with E-state index >= 15 is 0 Å². The predicted octanol–water partition coefficient (Wildman–Crippen LogP) is 2.51. The zero-order valence-corrected chi connectivity index (χ0v) is 10.3. The van der Waals surface area contributed by atoms with Gasteiger partial charge in [-0.2, -0.15) is 0 Å². The van der Waals surface area contributed by atoms with Crippen LogP contribution in [-0.2, 0) is 4.74 Å². The molecule has 2 unspecified atom stereocenters. The number of rotatable bonds is 6. The van der Waals surface area contributed by atoms with Gasteiger partial charge in [-0.1, -0.05) is 25.1 Å². The molecule has 0 bridgehead atoms. The summed E-state index contributed by atoms with van der Waals surface area (Å²) in [5, 5.41) is 0. The molecule has 1 aromatic rings. The molecular weight excluding hydrogens is 202 g/mol.